The van der Waals surface area contributed by atoms with Crippen molar-refractivity contribution in [1.82, 2.24) is 4.98 Å². The minimum atomic E-state index is 0.156. The van der Waals surface area contributed by atoms with E-state index < -0.39 is 0 Å². The minimum Gasteiger partial charge on any atom is -0.300 e. The maximum Gasteiger partial charge on any atom is 0.135 e. The largest absolute Gasteiger partial charge is 0.300 e. The summed E-state index contributed by atoms with van der Waals surface area (Å²) in [6.45, 7) is 7.98. The number of carbonyl (C=O) groups is 1. The van der Waals surface area contributed by atoms with Gasteiger partial charge in [-0.3, -0.25) is 4.79 Å². The van der Waals surface area contributed by atoms with E-state index in [0.717, 1.165) is 10.7 Å². The molecule has 3 heteroatoms. The molecule has 0 N–H and O–H groups in total. The Hall–Kier alpha value is -1.48. The maximum absolute atomic E-state index is 11.1. The third kappa shape index (κ3) is 2.51. The van der Waals surface area contributed by atoms with Crippen LogP contribution >= 0.6 is 11.3 Å². The minimum absolute atomic E-state index is 0.156. The summed E-state index contributed by atoms with van der Waals surface area (Å²) >= 11 is 1.61. The van der Waals surface area contributed by atoms with Gasteiger partial charge in [0.25, 0.3) is 0 Å². The van der Waals surface area contributed by atoms with Gasteiger partial charge in [0.2, 0.25) is 0 Å². The zero-order valence-corrected chi connectivity index (χ0v) is 12.0. The molecule has 2 rings (SSSR count). The number of aryl methyl sites for hydroxylation is 1. The first-order valence-corrected chi connectivity index (χ1v) is 6.88. The lowest BCUT2D eigenvalue weighted by Crippen LogP contribution is -1.96. The summed E-state index contributed by atoms with van der Waals surface area (Å²) in [4.78, 5) is 15.6. The van der Waals surface area contributed by atoms with E-state index in [1.165, 1.54) is 22.3 Å². The van der Waals surface area contributed by atoms with Crippen LogP contribution in [0.15, 0.2) is 17.5 Å². The van der Waals surface area contributed by atoms with Crippen molar-refractivity contribution in [2.45, 2.75) is 34.1 Å². The van der Waals surface area contributed by atoms with Gasteiger partial charge in [0, 0.05) is 17.4 Å². The lowest BCUT2D eigenvalue weighted by molar-refractivity contribution is -0.116. The SMILES string of the molecule is CC(=O)Cc1csc(-c2ccc(C)c(C)c2C)n1. The molecule has 1 aromatic heterocycles. The second-order valence-corrected chi connectivity index (χ2v) is 5.56. The summed E-state index contributed by atoms with van der Waals surface area (Å²) in [5.74, 6) is 0.156. The molecule has 1 heterocycles. The fourth-order valence-electron chi connectivity index (χ4n) is 1.95. The molecule has 94 valence electrons. The summed E-state index contributed by atoms with van der Waals surface area (Å²) in [6, 6.07) is 4.25. The molecule has 0 aliphatic carbocycles. The van der Waals surface area contributed by atoms with Crippen LogP contribution in [0.5, 0.6) is 0 Å². The van der Waals surface area contributed by atoms with Gasteiger partial charge < -0.3 is 0 Å². The molecule has 0 fully saturated rings. The quantitative estimate of drug-likeness (QED) is 0.837. The Labute approximate surface area is 112 Å². The number of aromatic nitrogens is 1. The highest BCUT2D eigenvalue weighted by Crippen LogP contribution is 2.29. The summed E-state index contributed by atoms with van der Waals surface area (Å²) < 4.78 is 0. The standard InChI is InChI=1S/C15H17NOS/c1-9-5-6-14(12(4)11(9)3)15-16-13(8-18-15)7-10(2)17/h5-6,8H,7H2,1-4H3. The first kappa shape index (κ1) is 13.0. The highest BCUT2D eigenvalue weighted by atomic mass is 32.1. The van der Waals surface area contributed by atoms with Crippen LogP contribution in [0, 0.1) is 20.8 Å². The molecule has 0 radical (unpaired) electrons. The smallest absolute Gasteiger partial charge is 0.135 e. The van der Waals surface area contributed by atoms with E-state index >= 15 is 0 Å². The Balaban J connectivity index is 2.40. The van der Waals surface area contributed by atoms with Crippen molar-refractivity contribution in [3.8, 4) is 10.6 Å². The molecule has 0 bridgehead atoms. The number of nitrogens with zero attached hydrogens (tertiary/aromatic N) is 1. The molecule has 0 saturated carbocycles. The molecule has 2 nitrogen and oxygen atoms in total. The molecule has 18 heavy (non-hydrogen) atoms. The fraction of sp³-hybridized carbons (Fsp3) is 0.333. The number of carbonyl (C=O) groups excluding carboxylic acids is 1. The van der Waals surface area contributed by atoms with Gasteiger partial charge in [-0.2, -0.15) is 0 Å². The van der Waals surface area contributed by atoms with E-state index in [0.29, 0.717) is 6.42 Å². The summed E-state index contributed by atoms with van der Waals surface area (Å²) in [6.07, 6.45) is 0.431. The molecule has 0 amide bonds. The van der Waals surface area contributed by atoms with E-state index in [1.807, 2.05) is 5.38 Å². The molecule has 2 aromatic rings. The molecule has 1 aromatic carbocycles. The van der Waals surface area contributed by atoms with Crippen molar-refractivity contribution in [2.24, 2.45) is 0 Å². The maximum atomic E-state index is 11.1. The van der Waals surface area contributed by atoms with E-state index in [-0.39, 0.29) is 5.78 Å². The van der Waals surface area contributed by atoms with Gasteiger partial charge in [-0.05, 0) is 44.4 Å². The molecule has 0 saturated heterocycles. The van der Waals surface area contributed by atoms with Crippen molar-refractivity contribution >= 4 is 17.1 Å². The van der Waals surface area contributed by atoms with Gasteiger partial charge in [-0.25, -0.2) is 4.98 Å². The normalized spacial score (nSPS) is 10.7. The van der Waals surface area contributed by atoms with Crippen LogP contribution in [0.25, 0.3) is 10.6 Å². The zero-order chi connectivity index (χ0) is 13.3. The third-order valence-electron chi connectivity index (χ3n) is 3.27. The topological polar surface area (TPSA) is 30.0 Å². The lowest BCUT2D eigenvalue weighted by atomic mass is 9.99. The highest BCUT2D eigenvalue weighted by Gasteiger charge is 2.10. The van der Waals surface area contributed by atoms with Crippen molar-refractivity contribution in [3.63, 3.8) is 0 Å². The monoisotopic (exact) mass is 259 g/mol. The number of Topliss-reactive ketones (excluding diaryl/α,β-unsaturated/α-hetero) is 1. The van der Waals surface area contributed by atoms with Crippen LogP contribution in [0.1, 0.15) is 29.3 Å². The number of hydrogen-bond acceptors (Lipinski definition) is 3. The molecule has 0 spiro atoms. The van der Waals surface area contributed by atoms with Crippen LogP contribution < -0.4 is 0 Å². The fourth-order valence-corrected chi connectivity index (χ4v) is 2.86. The van der Waals surface area contributed by atoms with Crippen molar-refractivity contribution < 1.29 is 4.79 Å². The summed E-state index contributed by atoms with van der Waals surface area (Å²) in [5.41, 5.74) is 5.95. The van der Waals surface area contributed by atoms with E-state index in [4.69, 9.17) is 0 Å². The molecule has 0 atom stereocenters. The van der Waals surface area contributed by atoms with Crippen LogP contribution in [0.4, 0.5) is 0 Å². The predicted octanol–water partition coefficient (Wildman–Crippen LogP) is 3.87. The highest BCUT2D eigenvalue weighted by molar-refractivity contribution is 7.13. The summed E-state index contributed by atoms with van der Waals surface area (Å²) in [7, 11) is 0. The molecular formula is C15H17NOS. The first-order valence-electron chi connectivity index (χ1n) is 6.00. The van der Waals surface area contributed by atoms with Gasteiger partial charge in [-0.1, -0.05) is 12.1 Å². The van der Waals surface area contributed by atoms with Gasteiger partial charge in [0.05, 0.1) is 5.69 Å². The van der Waals surface area contributed by atoms with Crippen molar-refractivity contribution in [1.29, 1.82) is 0 Å². The van der Waals surface area contributed by atoms with Gasteiger partial charge in [0.1, 0.15) is 10.8 Å². The van der Waals surface area contributed by atoms with Crippen molar-refractivity contribution in [3.05, 3.63) is 39.9 Å². The Bertz CT molecular complexity index is 599. The Kier molecular flexibility index (Phi) is 3.62. The van der Waals surface area contributed by atoms with Crippen LogP contribution in [0.2, 0.25) is 0 Å². The van der Waals surface area contributed by atoms with Crippen LogP contribution in [-0.4, -0.2) is 10.8 Å². The Morgan fingerprint density at radius 1 is 1.22 bits per heavy atom. The molecular weight excluding hydrogens is 242 g/mol. The Morgan fingerprint density at radius 3 is 2.61 bits per heavy atom. The second kappa shape index (κ2) is 5.02. The summed E-state index contributed by atoms with van der Waals surface area (Å²) in [5, 5.41) is 2.98. The van der Waals surface area contributed by atoms with E-state index in [2.05, 4.69) is 37.9 Å². The molecule has 0 aliphatic heterocycles. The predicted molar refractivity (Wildman–Crippen MR) is 76.1 cm³/mol. The van der Waals surface area contributed by atoms with Gasteiger partial charge in [0.15, 0.2) is 0 Å². The molecule has 0 unspecified atom stereocenters. The Morgan fingerprint density at radius 2 is 1.94 bits per heavy atom. The van der Waals surface area contributed by atoms with E-state index in [1.54, 1.807) is 18.3 Å². The number of rotatable bonds is 3. The number of thiazole rings is 1. The number of hydrogen-bond donors (Lipinski definition) is 0. The lowest BCUT2D eigenvalue weighted by Gasteiger charge is -2.08. The van der Waals surface area contributed by atoms with Crippen molar-refractivity contribution in [2.75, 3.05) is 0 Å². The second-order valence-electron chi connectivity index (χ2n) is 4.70. The number of benzene rings is 1. The number of ketones is 1. The average Bonchev–Trinajstić information content (AvgIpc) is 2.73. The first-order chi connectivity index (χ1) is 8.49. The third-order valence-corrected chi connectivity index (χ3v) is 4.19. The van der Waals surface area contributed by atoms with Crippen LogP contribution in [-0.2, 0) is 11.2 Å². The molecule has 0 aliphatic rings. The van der Waals surface area contributed by atoms with E-state index in [9.17, 15) is 4.79 Å². The zero-order valence-electron chi connectivity index (χ0n) is 11.2. The van der Waals surface area contributed by atoms with Gasteiger partial charge in [-0.15, -0.1) is 11.3 Å². The average molecular weight is 259 g/mol. The van der Waals surface area contributed by atoms with Crippen LogP contribution in [0.3, 0.4) is 0 Å². The van der Waals surface area contributed by atoms with Gasteiger partial charge >= 0.3 is 0 Å².